The lowest BCUT2D eigenvalue weighted by atomic mass is 9.92. The molecule has 0 saturated heterocycles. The number of aryl methyl sites for hydroxylation is 3. The summed E-state index contributed by atoms with van der Waals surface area (Å²) in [7, 11) is 0. The molecule has 2 aromatic carbocycles. The summed E-state index contributed by atoms with van der Waals surface area (Å²) in [6, 6.07) is 10.4. The van der Waals surface area contributed by atoms with E-state index in [0.29, 0.717) is 6.42 Å². The first kappa shape index (κ1) is 14.2. The van der Waals surface area contributed by atoms with E-state index < -0.39 is 6.10 Å². The van der Waals surface area contributed by atoms with Gasteiger partial charge in [0.25, 0.3) is 0 Å². The lowest BCUT2D eigenvalue weighted by molar-refractivity contribution is 0.178. The van der Waals surface area contributed by atoms with Crippen LogP contribution in [0.5, 0.6) is 5.75 Å². The second kappa shape index (κ2) is 5.53. The van der Waals surface area contributed by atoms with Crippen LogP contribution in [0.25, 0.3) is 0 Å². The molecule has 0 radical (unpaired) electrons. The lowest BCUT2D eigenvalue weighted by Gasteiger charge is -2.16. The minimum atomic E-state index is -0.462. The van der Waals surface area contributed by atoms with Gasteiger partial charge in [0, 0.05) is 12.8 Å². The molecule has 0 fully saturated rings. The zero-order chi connectivity index (χ0) is 15.0. The molecule has 110 valence electrons. The lowest BCUT2D eigenvalue weighted by Crippen LogP contribution is -2.05. The fraction of sp³-hybridized carbons (Fsp3) is 0.368. The average Bonchev–Trinajstić information content (AvgIpc) is 2.89. The van der Waals surface area contributed by atoms with E-state index in [0.717, 1.165) is 24.3 Å². The van der Waals surface area contributed by atoms with E-state index in [1.165, 1.54) is 27.8 Å². The first-order valence-electron chi connectivity index (χ1n) is 7.55. The molecule has 21 heavy (non-hydrogen) atoms. The van der Waals surface area contributed by atoms with Crippen LogP contribution in [-0.4, -0.2) is 11.7 Å². The molecular weight excluding hydrogens is 260 g/mol. The molecule has 0 bridgehead atoms. The van der Waals surface area contributed by atoms with E-state index in [4.69, 9.17) is 4.74 Å². The number of aliphatic hydroxyl groups excluding tert-OH is 1. The Labute approximate surface area is 126 Å². The van der Waals surface area contributed by atoms with Gasteiger partial charge < -0.3 is 9.84 Å². The summed E-state index contributed by atoms with van der Waals surface area (Å²) in [6.07, 6.45) is 1.15. The van der Waals surface area contributed by atoms with Crippen LogP contribution in [0.15, 0.2) is 30.3 Å². The molecule has 0 spiro atoms. The van der Waals surface area contributed by atoms with Crippen LogP contribution < -0.4 is 4.74 Å². The Morgan fingerprint density at radius 3 is 2.52 bits per heavy atom. The molecule has 2 nitrogen and oxygen atoms in total. The number of ether oxygens (including phenoxy) is 1. The first-order chi connectivity index (χ1) is 10.0. The molecular formula is C19H22O2. The van der Waals surface area contributed by atoms with E-state index in [1.807, 2.05) is 12.1 Å². The molecule has 0 saturated carbocycles. The van der Waals surface area contributed by atoms with Crippen LogP contribution in [0.2, 0.25) is 0 Å². The number of hydrogen-bond acceptors (Lipinski definition) is 2. The van der Waals surface area contributed by atoms with Crippen LogP contribution in [0.1, 0.15) is 39.5 Å². The summed E-state index contributed by atoms with van der Waals surface area (Å²) >= 11 is 0. The third-order valence-electron chi connectivity index (χ3n) is 4.34. The molecule has 0 aliphatic carbocycles. The highest BCUT2D eigenvalue weighted by atomic mass is 16.5. The number of aliphatic hydroxyl groups is 1. The molecule has 1 heterocycles. The number of rotatable bonds is 3. The summed E-state index contributed by atoms with van der Waals surface area (Å²) in [5.74, 6) is 0.966. The van der Waals surface area contributed by atoms with Gasteiger partial charge in [-0.15, -0.1) is 0 Å². The predicted octanol–water partition coefficient (Wildman–Crippen LogP) is 3.82. The summed E-state index contributed by atoms with van der Waals surface area (Å²) in [5, 5.41) is 10.6. The molecule has 1 atom stereocenters. The van der Waals surface area contributed by atoms with Gasteiger partial charge >= 0.3 is 0 Å². The minimum absolute atomic E-state index is 0.462. The van der Waals surface area contributed by atoms with Crippen LogP contribution in [0.3, 0.4) is 0 Å². The highest BCUT2D eigenvalue weighted by molar-refractivity contribution is 5.42. The normalized spacial score (nSPS) is 14.7. The third kappa shape index (κ3) is 2.81. The predicted molar refractivity (Wildman–Crippen MR) is 85.0 cm³/mol. The Balaban J connectivity index is 1.85. The van der Waals surface area contributed by atoms with Crippen molar-refractivity contribution >= 4 is 0 Å². The quantitative estimate of drug-likeness (QED) is 0.927. The van der Waals surface area contributed by atoms with Gasteiger partial charge in [-0.05, 0) is 60.7 Å². The highest BCUT2D eigenvalue weighted by Gasteiger charge is 2.17. The van der Waals surface area contributed by atoms with Gasteiger partial charge in [-0.25, -0.2) is 0 Å². The van der Waals surface area contributed by atoms with Crippen LogP contribution in [-0.2, 0) is 12.8 Å². The van der Waals surface area contributed by atoms with Crippen molar-refractivity contribution in [1.29, 1.82) is 0 Å². The van der Waals surface area contributed by atoms with E-state index in [-0.39, 0.29) is 0 Å². The number of benzene rings is 2. The molecule has 1 aliphatic heterocycles. The van der Waals surface area contributed by atoms with Crippen molar-refractivity contribution < 1.29 is 9.84 Å². The number of fused-ring (bicyclic) bond motifs is 1. The topological polar surface area (TPSA) is 29.5 Å². The molecule has 0 aromatic heterocycles. The summed E-state index contributed by atoms with van der Waals surface area (Å²) < 4.78 is 5.52. The Morgan fingerprint density at radius 1 is 1.10 bits per heavy atom. The molecule has 1 aliphatic rings. The van der Waals surface area contributed by atoms with Gasteiger partial charge in [-0.3, -0.25) is 0 Å². The molecule has 0 amide bonds. The van der Waals surface area contributed by atoms with Crippen molar-refractivity contribution in [2.45, 2.75) is 39.7 Å². The van der Waals surface area contributed by atoms with Crippen molar-refractivity contribution in [2.75, 3.05) is 6.61 Å². The molecule has 1 unspecified atom stereocenters. The van der Waals surface area contributed by atoms with Crippen molar-refractivity contribution in [2.24, 2.45) is 0 Å². The number of hydrogen-bond donors (Lipinski definition) is 1. The Bertz CT molecular complexity index is 650. The maximum Gasteiger partial charge on any atom is 0.122 e. The van der Waals surface area contributed by atoms with Crippen molar-refractivity contribution in [3.8, 4) is 5.75 Å². The van der Waals surface area contributed by atoms with Crippen LogP contribution in [0.4, 0.5) is 0 Å². The van der Waals surface area contributed by atoms with E-state index in [2.05, 4.69) is 39.0 Å². The van der Waals surface area contributed by atoms with Crippen molar-refractivity contribution in [3.05, 3.63) is 63.7 Å². The second-order valence-electron chi connectivity index (χ2n) is 6.06. The second-order valence-corrected chi connectivity index (χ2v) is 6.06. The smallest absolute Gasteiger partial charge is 0.122 e. The van der Waals surface area contributed by atoms with Crippen molar-refractivity contribution in [1.82, 2.24) is 0 Å². The Hall–Kier alpha value is -1.80. The molecule has 1 N–H and O–H groups in total. The van der Waals surface area contributed by atoms with E-state index in [9.17, 15) is 5.11 Å². The summed E-state index contributed by atoms with van der Waals surface area (Å²) in [5.41, 5.74) is 7.25. The van der Waals surface area contributed by atoms with Gasteiger partial charge in [0.1, 0.15) is 5.75 Å². The van der Waals surface area contributed by atoms with Gasteiger partial charge in [0.15, 0.2) is 0 Å². The first-order valence-corrected chi connectivity index (χ1v) is 7.55. The van der Waals surface area contributed by atoms with Gasteiger partial charge in [-0.2, -0.15) is 0 Å². The fourth-order valence-electron chi connectivity index (χ4n) is 3.26. The molecule has 2 heteroatoms. The average molecular weight is 282 g/mol. The maximum absolute atomic E-state index is 10.6. The van der Waals surface area contributed by atoms with E-state index >= 15 is 0 Å². The SMILES string of the molecule is Cc1cc(C)c(CC(O)c2ccc3c(c2)CCO3)c(C)c1. The zero-order valence-corrected chi connectivity index (χ0v) is 12.9. The Kier molecular flexibility index (Phi) is 3.73. The molecule has 2 aromatic rings. The monoisotopic (exact) mass is 282 g/mol. The van der Waals surface area contributed by atoms with Gasteiger partial charge in [0.2, 0.25) is 0 Å². The van der Waals surface area contributed by atoms with E-state index in [1.54, 1.807) is 0 Å². The fourth-order valence-corrected chi connectivity index (χ4v) is 3.26. The molecule has 3 rings (SSSR count). The van der Waals surface area contributed by atoms with Crippen LogP contribution in [0, 0.1) is 20.8 Å². The largest absolute Gasteiger partial charge is 0.493 e. The standard InChI is InChI=1S/C19H22O2/c1-12-8-13(2)17(14(3)9-12)11-18(20)15-4-5-19-16(10-15)6-7-21-19/h4-5,8-10,18,20H,6-7,11H2,1-3H3. The van der Waals surface area contributed by atoms with Crippen LogP contribution >= 0.6 is 0 Å². The summed E-state index contributed by atoms with van der Waals surface area (Å²) in [4.78, 5) is 0. The third-order valence-corrected chi connectivity index (χ3v) is 4.34. The highest BCUT2D eigenvalue weighted by Crippen LogP contribution is 2.30. The van der Waals surface area contributed by atoms with Gasteiger partial charge in [-0.1, -0.05) is 23.8 Å². The Morgan fingerprint density at radius 2 is 1.81 bits per heavy atom. The zero-order valence-electron chi connectivity index (χ0n) is 12.9. The van der Waals surface area contributed by atoms with Gasteiger partial charge in [0.05, 0.1) is 12.7 Å². The summed E-state index contributed by atoms with van der Waals surface area (Å²) in [6.45, 7) is 7.11. The maximum atomic E-state index is 10.6. The van der Waals surface area contributed by atoms with Crippen molar-refractivity contribution in [3.63, 3.8) is 0 Å². The minimum Gasteiger partial charge on any atom is -0.493 e.